The van der Waals surface area contributed by atoms with E-state index in [2.05, 4.69) is 4.98 Å². The van der Waals surface area contributed by atoms with Gasteiger partial charge in [0.1, 0.15) is 12.3 Å². The highest BCUT2D eigenvalue weighted by Crippen LogP contribution is 2.36. The second-order valence-corrected chi connectivity index (χ2v) is 4.93. The molecule has 7 nitrogen and oxygen atoms in total. The van der Waals surface area contributed by atoms with Gasteiger partial charge in [0, 0.05) is 13.3 Å². The Morgan fingerprint density at radius 2 is 2.24 bits per heavy atom. The normalized spacial score (nSPS) is 20.0. The molecule has 2 aromatic rings. The average Bonchev–Trinajstić information content (AvgIpc) is 3.01. The molecular weight excluding hydrogens is 274 g/mol. The Labute approximate surface area is 120 Å². The molecule has 21 heavy (non-hydrogen) atoms. The minimum absolute atomic E-state index is 0.221. The SMILES string of the molecule is CC(=O)O[C@H]1Cc2ccccc2C1n1cnc([N+](=O)[O-])c1. The molecule has 3 rings (SSSR count). The summed E-state index contributed by atoms with van der Waals surface area (Å²) < 4.78 is 7.01. The van der Waals surface area contributed by atoms with Crippen LogP contribution in [-0.2, 0) is 16.0 Å². The van der Waals surface area contributed by atoms with Crippen molar-refractivity contribution in [2.24, 2.45) is 0 Å². The standard InChI is InChI=1S/C14H13N3O4/c1-9(18)21-12-6-10-4-2-3-5-11(10)14(12)16-7-13(15-8-16)17(19)20/h2-5,7-8,12,14H,6H2,1H3/t12-,14?/m0/s1. The van der Waals surface area contributed by atoms with Crippen LogP contribution in [0.5, 0.6) is 0 Å². The van der Waals surface area contributed by atoms with Crippen molar-refractivity contribution in [1.29, 1.82) is 0 Å². The number of benzene rings is 1. The molecule has 2 atom stereocenters. The largest absolute Gasteiger partial charge is 0.460 e. The van der Waals surface area contributed by atoms with Crippen LogP contribution in [0.3, 0.4) is 0 Å². The Morgan fingerprint density at radius 3 is 2.90 bits per heavy atom. The first-order valence-electron chi connectivity index (χ1n) is 6.49. The van der Waals surface area contributed by atoms with Crippen LogP contribution in [-0.4, -0.2) is 26.5 Å². The van der Waals surface area contributed by atoms with Crippen LogP contribution in [0.15, 0.2) is 36.8 Å². The van der Waals surface area contributed by atoms with Gasteiger partial charge in [-0.1, -0.05) is 24.3 Å². The molecule has 7 heteroatoms. The quantitative estimate of drug-likeness (QED) is 0.488. The van der Waals surface area contributed by atoms with Gasteiger partial charge in [-0.05, 0) is 21.0 Å². The summed E-state index contributed by atoms with van der Waals surface area (Å²) in [5.74, 6) is -0.589. The predicted octanol–water partition coefficient (Wildman–Crippen LogP) is 1.87. The van der Waals surface area contributed by atoms with Crippen LogP contribution < -0.4 is 0 Å². The van der Waals surface area contributed by atoms with Crippen molar-refractivity contribution in [2.45, 2.75) is 25.5 Å². The number of carbonyl (C=O) groups is 1. The lowest BCUT2D eigenvalue weighted by Crippen LogP contribution is -2.25. The lowest BCUT2D eigenvalue weighted by Gasteiger charge is -2.20. The van der Waals surface area contributed by atoms with E-state index in [1.807, 2.05) is 24.3 Å². The van der Waals surface area contributed by atoms with Crippen LogP contribution in [0.25, 0.3) is 0 Å². The third kappa shape index (κ3) is 2.37. The van der Waals surface area contributed by atoms with Gasteiger partial charge in [0.2, 0.25) is 6.33 Å². The van der Waals surface area contributed by atoms with Gasteiger partial charge in [-0.25, -0.2) is 0 Å². The summed E-state index contributed by atoms with van der Waals surface area (Å²) in [6, 6.07) is 7.44. The minimum Gasteiger partial charge on any atom is -0.460 e. The number of ether oxygens (including phenoxy) is 1. The molecule has 108 valence electrons. The molecule has 0 spiro atoms. The van der Waals surface area contributed by atoms with E-state index >= 15 is 0 Å². The topological polar surface area (TPSA) is 87.3 Å². The van der Waals surface area contributed by atoms with Crippen LogP contribution >= 0.6 is 0 Å². The number of nitrogens with zero attached hydrogens (tertiary/aromatic N) is 3. The maximum absolute atomic E-state index is 11.3. The molecule has 0 saturated heterocycles. The molecule has 1 aromatic heterocycles. The van der Waals surface area contributed by atoms with E-state index in [-0.39, 0.29) is 23.9 Å². The van der Waals surface area contributed by atoms with E-state index < -0.39 is 4.92 Å². The second kappa shape index (κ2) is 5.01. The van der Waals surface area contributed by atoms with Crippen LogP contribution in [0.1, 0.15) is 24.1 Å². The first-order chi connectivity index (χ1) is 10.1. The van der Waals surface area contributed by atoms with E-state index in [0.717, 1.165) is 11.1 Å². The zero-order chi connectivity index (χ0) is 15.0. The maximum atomic E-state index is 11.3. The molecule has 1 aliphatic rings. The number of rotatable bonds is 3. The lowest BCUT2D eigenvalue weighted by atomic mass is 10.1. The van der Waals surface area contributed by atoms with Gasteiger partial charge in [0.25, 0.3) is 0 Å². The summed E-state index contributed by atoms with van der Waals surface area (Å²) in [4.78, 5) is 25.3. The molecular formula is C14H13N3O4. The fraction of sp³-hybridized carbons (Fsp3) is 0.286. The number of esters is 1. The first-order valence-corrected chi connectivity index (χ1v) is 6.49. The minimum atomic E-state index is -0.543. The number of nitro groups is 1. The predicted molar refractivity (Wildman–Crippen MR) is 72.7 cm³/mol. The van der Waals surface area contributed by atoms with Crippen molar-refractivity contribution >= 4 is 11.8 Å². The third-order valence-electron chi connectivity index (χ3n) is 3.56. The molecule has 0 saturated carbocycles. The molecule has 0 fully saturated rings. The van der Waals surface area contributed by atoms with Gasteiger partial charge >= 0.3 is 11.8 Å². The van der Waals surface area contributed by atoms with Gasteiger partial charge < -0.3 is 14.9 Å². The molecule has 1 heterocycles. The van der Waals surface area contributed by atoms with E-state index in [9.17, 15) is 14.9 Å². The zero-order valence-corrected chi connectivity index (χ0v) is 11.3. The van der Waals surface area contributed by atoms with Crippen molar-refractivity contribution in [2.75, 3.05) is 0 Å². The summed E-state index contributed by atoms with van der Waals surface area (Å²) in [7, 11) is 0. The van der Waals surface area contributed by atoms with Crippen molar-refractivity contribution in [3.05, 3.63) is 58.0 Å². The Hall–Kier alpha value is -2.70. The molecule has 0 radical (unpaired) electrons. The number of fused-ring (bicyclic) bond motifs is 1. The molecule has 1 unspecified atom stereocenters. The molecule has 0 N–H and O–H groups in total. The second-order valence-electron chi connectivity index (χ2n) is 4.93. The monoisotopic (exact) mass is 287 g/mol. The van der Waals surface area contributed by atoms with Gasteiger partial charge in [-0.15, -0.1) is 0 Å². The molecule has 0 bridgehead atoms. The van der Waals surface area contributed by atoms with E-state index in [4.69, 9.17) is 4.74 Å². The number of hydrogen-bond donors (Lipinski definition) is 0. The van der Waals surface area contributed by atoms with Gasteiger partial charge in [-0.3, -0.25) is 9.36 Å². The van der Waals surface area contributed by atoms with E-state index in [1.165, 1.54) is 19.4 Å². The van der Waals surface area contributed by atoms with E-state index in [1.54, 1.807) is 4.57 Å². The fourth-order valence-electron chi connectivity index (χ4n) is 2.78. The summed E-state index contributed by atoms with van der Waals surface area (Å²) >= 11 is 0. The number of carbonyl (C=O) groups excluding carboxylic acids is 1. The number of hydrogen-bond acceptors (Lipinski definition) is 5. The number of aromatic nitrogens is 2. The van der Waals surface area contributed by atoms with Gasteiger partial charge in [0.15, 0.2) is 0 Å². The Morgan fingerprint density at radius 1 is 1.48 bits per heavy atom. The molecule has 0 aliphatic heterocycles. The van der Waals surface area contributed by atoms with Crippen LogP contribution in [0.4, 0.5) is 5.82 Å². The van der Waals surface area contributed by atoms with Crippen LogP contribution in [0, 0.1) is 10.1 Å². The van der Waals surface area contributed by atoms with Crippen molar-refractivity contribution in [3.8, 4) is 0 Å². The van der Waals surface area contributed by atoms with Crippen molar-refractivity contribution < 1.29 is 14.5 Å². The van der Waals surface area contributed by atoms with Crippen LogP contribution in [0.2, 0.25) is 0 Å². The maximum Gasteiger partial charge on any atom is 0.381 e. The fourth-order valence-corrected chi connectivity index (χ4v) is 2.78. The summed E-state index contributed by atoms with van der Waals surface area (Å²) in [5, 5.41) is 10.8. The average molecular weight is 287 g/mol. The summed E-state index contributed by atoms with van der Waals surface area (Å²) in [6.07, 6.45) is 2.98. The highest BCUT2D eigenvalue weighted by Gasteiger charge is 2.36. The van der Waals surface area contributed by atoms with Crippen molar-refractivity contribution in [3.63, 3.8) is 0 Å². The molecule has 1 aromatic carbocycles. The summed E-state index contributed by atoms with van der Waals surface area (Å²) in [5.41, 5.74) is 2.07. The molecule has 0 amide bonds. The smallest absolute Gasteiger partial charge is 0.381 e. The Kier molecular flexibility index (Phi) is 3.17. The summed E-state index contributed by atoms with van der Waals surface area (Å²) in [6.45, 7) is 1.36. The highest BCUT2D eigenvalue weighted by atomic mass is 16.6. The zero-order valence-electron chi connectivity index (χ0n) is 11.3. The Balaban J connectivity index is 2.01. The Bertz CT molecular complexity index is 710. The van der Waals surface area contributed by atoms with Crippen molar-refractivity contribution in [1.82, 2.24) is 9.55 Å². The van der Waals surface area contributed by atoms with Gasteiger partial charge in [0.05, 0.1) is 6.04 Å². The molecule has 1 aliphatic carbocycles. The number of imidazole rings is 1. The van der Waals surface area contributed by atoms with Gasteiger partial charge in [-0.2, -0.15) is 0 Å². The first kappa shape index (κ1) is 13.3. The van der Waals surface area contributed by atoms with E-state index in [0.29, 0.717) is 6.42 Å². The third-order valence-corrected chi connectivity index (χ3v) is 3.56. The highest BCUT2D eigenvalue weighted by molar-refractivity contribution is 5.66. The lowest BCUT2D eigenvalue weighted by molar-refractivity contribution is -0.389.